The molecule has 116 valence electrons. The molecule has 1 heterocycles. The van der Waals surface area contributed by atoms with Gasteiger partial charge in [-0.05, 0) is 37.3 Å². The predicted octanol–water partition coefficient (Wildman–Crippen LogP) is 1.49. The van der Waals surface area contributed by atoms with Gasteiger partial charge in [-0.25, -0.2) is 8.42 Å². The van der Waals surface area contributed by atoms with Crippen LogP contribution >= 0.6 is 0 Å². The van der Waals surface area contributed by atoms with Crippen molar-refractivity contribution in [2.75, 3.05) is 6.26 Å². The van der Waals surface area contributed by atoms with Gasteiger partial charge >= 0.3 is 0 Å². The zero-order valence-electron chi connectivity index (χ0n) is 12.3. The maximum atomic E-state index is 12.0. The van der Waals surface area contributed by atoms with Gasteiger partial charge in [-0.3, -0.25) is 9.78 Å². The first kappa shape index (κ1) is 15.9. The molecular formula is C15H22N2O3S. The quantitative estimate of drug-likeness (QED) is 0.894. The van der Waals surface area contributed by atoms with Crippen LogP contribution < -0.4 is 5.32 Å². The van der Waals surface area contributed by atoms with Crippen LogP contribution in [-0.2, 0) is 21.1 Å². The standard InChI is InChI=1S/C15H22N2O3S/c1-21(19,20)14-6-2-5-13(10-14)17-15(18)8-7-12-4-3-9-16-11-12/h3-4,9,11,13-14H,2,5-8,10H2,1H3,(H,17,18)/t13-,14+/m1/s1. The molecule has 5 nitrogen and oxygen atoms in total. The first-order valence-electron chi connectivity index (χ1n) is 7.32. The summed E-state index contributed by atoms with van der Waals surface area (Å²) in [5, 5.41) is 2.66. The van der Waals surface area contributed by atoms with Gasteiger partial charge in [0.25, 0.3) is 0 Å². The van der Waals surface area contributed by atoms with Gasteiger partial charge in [0.1, 0.15) is 9.84 Å². The molecule has 0 bridgehead atoms. The number of carbonyl (C=O) groups excluding carboxylic acids is 1. The van der Waals surface area contributed by atoms with E-state index in [1.165, 1.54) is 6.26 Å². The molecule has 1 fully saturated rings. The monoisotopic (exact) mass is 310 g/mol. The number of sulfone groups is 1. The second-order valence-corrected chi connectivity index (χ2v) is 8.07. The minimum atomic E-state index is -3.01. The van der Waals surface area contributed by atoms with Gasteiger partial charge in [0.05, 0.1) is 5.25 Å². The normalized spacial score (nSPS) is 22.7. The maximum absolute atomic E-state index is 12.0. The van der Waals surface area contributed by atoms with E-state index in [9.17, 15) is 13.2 Å². The fourth-order valence-electron chi connectivity index (χ4n) is 2.77. The van der Waals surface area contributed by atoms with Crippen LogP contribution in [0.25, 0.3) is 0 Å². The van der Waals surface area contributed by atoms with Crippen molar-refractivity contribution in [2.24, 2.45) is 0 Å². The van der Waals surface area contributed by atoms with Gasteiger partial charge in [-0.2, -0.15) is 0 Å². The first-order valence-corrected chi connectivity index (χ1v) is 9.28. The summed E-state index contributed by atoms with van der Waals surface area (Å²) in [5.74, 6) is -0.0157. The van der Waals surface area contributed by atoms with Crippen molar-refractivity contribution in [1.29, 1.82) is 0 Å². The number of rotatable bonds is 5. The Kier molecular flexibility index (Phi) is 5.33. The summed E-state index contributed by atoms with van der Waals surface area (Å²) in [6.07, 6.45) is 8.77. The number of hydrogen-bond acceptors (Lipinski definition) is 4. The summed E-state index contributed by atoms with van der Waals surface area (Å²) in [6, 6.07) is 3.78. The fraction of sp³-hybridized carbons (Fsp3) is 0.600. The molecule has 0 aromatic carbocycles. The van der Waals surface area contributed by atoms with Crippen molar-refractivity contribution in [3.63, 3.8) is 0 Å². The maximum Gasteiger partial charge on any atom is 0.220 e. The van der Waals surface area contributed by atoms with E-state index in [4.69, 9.17) is 0 Å². The van der Waals surface area contributed by atoms with Crippen molar-refractivity contribution in [3.8, 4) is 0 Å². The van der Waals surface area contributed by atoms with Gasteiger partial charge < -0.3 is 5.32 Å². The smallest absolute Gasteiger partial charge is 0.220 e. The Morgan fingerprint density at radius 3 is 2.90 bits per heavy atom. The van der Waals surface area contributed by atoms with Gasteiger partial charge in [0.15, 0.2) is 0 Å². The summed E-state index contributed by atoms with van der Waals surface area (Å²) in [7, 11) is -3.01. The second kappa shape index (κ2) is 7.02. The van der Waals surface area contributed by atoms with Gasteiger partial charge in [-0.1, -0.05) is 12.5 Å². The SMILES string of the molecule is CS(=O)(=O)[C@H]1CCC[C@@H](NC(=O)CCc2cccnc2)C1. The van der Waals surface area contributed by atoms with Crippen LogP contribution in [0.1, 0.15) is 37.7 Å². The molecule has 0 unspecified atom stereocenters. The van der Waals surface area contributed by atoms with Gasteiger partial charge in [-0.15, -0.1) is 0 Å². The molecule has 2 rings (SSSR count). The molecule has 0 aliphatic heterocycles. The summed E-state index contributed by atoms with van der Waals surface area (Å²) in [6.45, 7) is 0. The minimum absolute atomic E-state index is 0.0140. The lowest BCUT2D eigenvalue weighted by Crippen LogP contribution is -2.41. The highest BCUT2D eigenvalue weighted by Gasteiger charge is 2.29. The largest absolute Gasteiger partial charge is 0.353 e. The topological polar surface area (TPSA) is 76.1 Å². The van der Waals surface area contributed by atoms with E-state index >= 15 is 0 Å². The summed E-state index contributed by atoms with van der Waals surface area (Å²) >= 11 is 0. The van der Waals surface area contributed by atoms with E-state index in [0.29, 0.717) is 25.7 Å². The van der Waals surface area contributed by atoms with Crippen LogP contribution in [0.2, 0.25) is 0 Å². The molecule has 2 atom stereocenters. The number of hydrogen-bond donors (Lipinski definition) is 1. The minimum Gasteiger partial charge on any atom is -0.353 e. The molecule has 1 aliphatic carbocycles. The third-order valence-corrected chi connectivity index (χ3v) is 5.60. The average Bonchev–Trinajstić information content (AvgIpc) is 2.46. The van der Waals surface area contributed by atoms with E-state index in [1.54, 1.807) is 12.4 Å². The lowest BCUT2D eigenvalue weighted by atomic mass is 9.95. The number of nitrogens with zero attached hydrogens (tertiary/aromatic N) is 1. The number of carbonyl (C=O) groups is 1. The van der Waals surface area contributed by atoms with Gasteiger partial charge in [0, 0.05) is 31.1 Å². The molecule has 1 N–H and O–H groups in total. The fourth-order valence-corrected chi connectivity index (χ4v) is 3.95. The number of aryl methyl sites for hydroxylation is 1. The molecule has 1 amide bonds. The molecule has 21 heavy (non-hydrogen) atoms. The molecule has 0 radical (unpaired) electrons. The number of nitrogens with one attached hydrogen (secondary N) is 1. The van der Waals surface area contributed by atoms with Crippen LogP contribution in [-0.4, -0.2) is 36.9 Å². The van der Waals surface area contributed by atoms with Crippen molar-refractivity contribution in [1.82, 2.24) is 10.3 Å². The number of pyridine rings is 1. The van der Waals surface area contributed by atoms with E-state index in [1.807, 2.05) is 12.1 Å². The predicted molar refractivity (Wildman–Crippen MR) is 81.6 cm³/mol. The molecule has 1 aromatic rings. The summed E-state index contributed by atoms with van der Waals surface area (Å²) in [4.78, 5) is 16.0. The molecule has 0 spiro atoms. The van der Waals surface area contributed by atoms with Crippen molar-refractivity contribution >= 4 is 15.7 Å². The van der Waals surface area contributed by atoms with Gasteiger partial charge in [0.2, 0.25) is 5.91 Å². The van der Waals surface area contributed by atoms with E-state index in [2.05, 4.69) is 10.3 Å². The van der Waals surface area contributed by atoms with E-state index < -0.39 is 9.84 Å². The number of aromatic nitrogens is 1. The zero-order valence-corrected chi connectivity index (χ0v) is 13.1. The lowest BCUT2D eigenvalue weighted by molar-refractivity contribution is -0.121. The van der Waals surface area contributed by atoms with Crippen LogP contribution in [0.15, 0.2) is 24.5 Å². The summed E-state index contributed by atoms with van der Waals surface area (Å²) < 4.78 is 23.2. The summed E-state index contributed by atoms with van der Waals surface area (Å²) in [5.41, 5.74) is 1.03. The highest BCUT2D eigenvalue weighted by atomic mass is 32.2. The molecule has 1 aliphatic rings. The molecule has 1 aromatic heterocycles. The highest BCUT2D eigenvalue weighted by Crippen LogP contribution is 2.23. The Labute approximate surface area is 126 Å². The van der Waals surface area contributed by atoms with Crippen molar-refractivity contribution < 1.29 is 13.2 Å². The molecule has 0 saturated heterocycles. The second-order valence-electron chi connectivity index (χ2n) is 5.74. The Morgan fingerprint density at radius 1 is 1.43 bits per heavy atom. The van der Waals surface area contributed by atoms with Crippen LogP contribution in [0, 0.1) is 0 Å². The van der Waals surface area contributed by atoms with Crippen molar-refractivity contribution in [2.45, 2.75) is 49.8 Å². The third kappa shape index (κ3) is 5.12. The Morgan fingerprint density at radius 2 is 2.24 bits per heavy atom. The highest BCUT2D eigenvalue weighted by molar-refractivity contribution is 7.91. The Bertz CT molecular complexity index is 572. The van der Waals surface area contributed by atoms with Crippen LogP contribution in [0.4, 0.5) is 0 Å². The van der Waals surface area contributed by atoms with Crippen LogP contribution in [0.5, 0.6) is 0 Å². The Balaban J connectivity index is 1.80. The van der Waals surface area contributed by atoms with E-state index in [-0.39, 0.29) is 17.2 Å². The molecule has 1 saturated carbocycles. The molecular weight excluding hydrogens is 288 g/mol. The van der Waals surface area contributed by atoms with Crippen LogP contribution in [0.3, 0.4) is 0 Å². The zero-order chi connectivity index (χ0) is 15.3. The third-order valence-electron chi connectivity index (χ3n) is 3.96. The Hall–Kier alpha value is -1.43. The van der Waals surface area contributed by atoms with E-state index in [0.717, 1.165) is 18.4 Å². The lowest BCUT2D eigenvalue weighted by Gasteiger charge is -2.28. The first-order chi connectivity index (χ1) is 9.95. The average molecular weight is 310 g/mol. The molecule has 6 heteroatoms. The van der Waals surface area contributed by atoms with Crippen molar-refractivity contribution in [3.05, 3.63) is 30.1 Å². The number of amides is 1.